The molecule has 1 N–H and O–H groups in total. The van der Waals surface area contributed by atoms with E-state index in [4.69, 9.17) is 4.74 Å². The summed E-state index contributed by atoms with van der Waals surface area (Å²) in [5.74, 6) is -0.0151. The molecule has 2 rings (SSSR count). The number of ether oxygens (including phenoxy) is 1. The van der Waals surface area contributed by atoms with Gasteiger partial charge in [0.25, 0.3) is 5.91 Å². The van der Waals surface area contributed by atoms with Crippen molar-refractivity contribution in [3.05, 3.63) is 48.0 Å². The average Bonchev–Trinajstić information content (AvgIpc) is 2.69. The van der Waals surface area contributed by atoms with Crippen LogP contribution >= 0.6 is 0 Å². The molecule has 1 heterocycles. The fourth-order valence-electron chi connectivity index (χ4n) is 3.01. The predicted octanol–water partition coefficient (Wildman–Crippen LogP) is 1.60. The van der Waals surface area contributed by atoms with E-state index < -0.39 is 0 Å². The Morgan fingerprint density at radius 3 is 2.64 bits per heavy atom. The molecule has 1 aliphatic rings. The molecule has 1 aromatic carbocycles. The second-order valence-electron chi connectivity index (χ2n) is 7.33. The van der Waals surface area contributed by atoms with Crippen LogP contribution in [0.2, 0.25) is 0 Å². The molecule has 154 valence electrons. The Bertz CT molecular complexity index is 660. The lowest BCUT2D eigenvalue weighted by Gasteiger charge is -2.36. The number of morpholine rings is 1. The molecule has 0 radical (unpaired) electrons. The van der Waals surface area contributed by atoms with Crippen molar-refractivity contribution in [2.24, 2.45) is 0 Å². The molecular formula is C21H32N4O3. The van der Waals surface area contributed by atoms with Crippen LogP contribution in [0.5, 0.6) is 0 Å². The maximum atomic E-state index is 13.0. The fraction of sp³-hybridized carbons (Fsp3) is 0.524. The zero-order valence-corrected chi connectivity index (χ0v) is 17.2. The number of carbonyl (C=O) groups is 2. The summed E-state index contributed by atoms with van der Waals surface area (Å²) in [7, 11) is 3.97. The maximum absolute atomic E-state index is 13.0. The van der Waals surface area contributed by atoms with Gasteiger partial charge in [0.1, 0.15) is 0 Å². The number of hydrogen-bond acceptors (Lipinski definition) is 4. The highest BCUT2D eigenvalue weighted by atomic mass is 16.5. The third-order valence-electron chi connectivity index (χ3n) is 4.65. The quantitative estimate of drug-likeness (QED) is 0.687. The summed E-state index contributed by atoms with van der Waals surface area (Å²) in [5, 5.41) is 2.80. The first kappa shape index (κ1) is 21.9. The van der Waals surface area contributed by atoms with Crippen LogP contribution in [-0.2, 0) is 4.74 Å². The number of aryl methyl sites for hydroxylation is 1. The van der Waals surface area contributed by atoms with Crippen molar-refractivity contribution < 1.29 is 14.3 Å². The Morgan fingerprint density at radius 2 is 2.00 bits per heavy atom. The molecule has 7 heteroatoms. The summed E-state index contributed by atoms with van der Waals surface area (Å²) in [4.78, 5) is 30.9. The topological polar surface area (TPSA) is 65.1 Å². The van der Waals surface area contributed by atoms with Crippen molar-refractivity contribution in [3.63, 3.8) is 0 Å². The normalized spacial score (nSPS) is 16.7. The van der Waals surface area contributed by atoms with Crippen LogP contribution in [0.1, 0.15) is 15.9 Å². The van der Waals surface area contributed by atoms with E-state index in [0.29, 0.717) is 44.9 Å². The molecular weight excluding hydrogens is 356 g/mol. The van der Waals surface area contributed by atoms with Crippen LogP contribution in [0.15, 0.2) is 36.9 Å². The van der Waals surface area contributed by atoms with Crippen LogP contribution in [0.25, 0.3) is 0 Å². The van der Waals surface area contributed by atoms with Crippen LogP contribution in [0.3, 0.4) is 0 Å². The van der Waals surface area contributed by atoms with Gasteiger partial charge in [0, 0.05) is 38.3 Å². The van der Waals surface area contributed by atoms with Gasteiger partial charge in [-0.1, -0.05) is 23.8 Å². The third-order valence-corrected chi connectivity index (χ3v) is 4.65. The van der Waals surface area contributed by atoms with Gasteiger partial charge in [-0.25, -0.2) is 4.79 Å². The Hall–Kier alpha value is -2.38. The van der Waals surface area contributed by atoms with Crippen molar-refractivity contribution in [1.29, 1.82) is 0 Å². The highest BCUT2D eigenvalue weighted by Crippen LogP contribution is 2.12. The number of carbonyl (C=O) groups excluding carboxylic acids is 2. The Morgan fingerprint density at radius 1 is 1.29 bits per heavy atom. The van der Waals surface area contributed by atoms with Crippen molar-refractivity contribution in [2.75, 3.05) is 60.0 Å². The SMILES string of the molecule is C=CCNC(=O)N1CCO[C@H](CN(CCN(C)C)C(=O)c2ccc(C)cc2)C1. The molecule has 0 saturated carbocycles. The highest BCUT2D eigenvalue weighted by molar-refractivity contribution is 5.94. The molecule has 0 aliphatic carbocycles. The van der Waals surface area contributed by atoms with E-state index in [1.54, 1.807) is 11.0 Å². The highest BCUT2D eigenvalue weighted by Gasteiger charge is 2.27. The monoisotopic (exact) mass is 388 g/mol. The summed E-state index contributed by atoms with van der Waals surface area (Å²) < 4.78 is 5.86. The predicted molar refractivity (Wildman–Crippen MR) is 111 cm³/mol. The van der Waals surface area contributed by atoms with Crippen LogP contribution < -0.4 is 5.32 Å². The molecule has 1 fully saturated rings. The molecule has 1 atom stereocenters. The molecule has 0 bridgehead atoms. The first-order valence-corrected chi connectivity index (χ1v) is 9.66. The first-order valence-electron chi connectivity index (χ1n) is 9.66. The van der Waals surface area contributed by atoms with E-state index in [9.17, 15) is 9.59 Å². The largest absolute Gasteiger partial charge is 0.373 e. The molecule has 0 unspecified atom stereocenters. The van der Waals surface area contributed by atoms with Crippen LogP contribution in [0.4, 0.5) is 4.79 Å². The van der Waals surface area contributed by atoms with Gasteiger partial charge < -0.3 is 24.8 Å². The lowest BCUT2D eigenvalue weighted by molar-refractivity contribution is -0.0280. The van der Waals surface area contributed by atoms with Gasteiger partial charge in [0.2, 0.25) is 0 Å². The second-order valence-corrected chi connectivity index (χ2v) is 7.33. The number of benzene rings is 1. The lowest BCUT2D eigenvalue weighted by Crippen LogP contribution is -2.53. The van der Waals surface area contributed by atoms with Crippen molar-refractivity contribution >= 4 is 11.9 Å². The van der Waals surface area contributed by atoms with E-state index in [0.717, 1.165) is 12.1 Å². The van der Waals surface area contributed by atoms with Gasteiger partial charge in [-0.05, 0) is 33.2 Å². The molecule has 1 aromatic rings. The number of nitrogens with one attached hydrogen (secondary N) is 1. The molecule has 0 spiro atoms. The van der Waals surface area contributed by atoms with Crippen LogP contribution in [0, 0.1) is 6.92 Å². The third kappa shape index (κ3) is 6.65. The summed E-state index contributed by atoms with van der Waals surface area (Å²) in [5.41, 5.74) is 1.79. The van der Waals surface area contributed by atoms with Gasteiger partial charge >= 0.3 is 6.03 Å². The van der Waals surface area contributed by atoms with E-state index in [-0.39, 0.29) is 18.0 Å². The Labute approximate surface area is 167 Å². The number of nitrogens with zero attached hydrogens (tertiary/aromatic N) is 3. The number of rotatable bonds is 8. The van der Waals surface area contributed by atoms with Gasteiger partial charge in [-0.15, -0.1) is 6.58 Å². The first-order chi connectivity index (χ1) is 13.4. The minimum absolute atomic E-state index is 0.0151. The molecule has 1 aliphatic heterocycles. The molecule has 3 amide bonds. The lowest BCUT2D eigenvalue weighted by atomic mass is 10.1. The maximum Gasteiger partial charge on any atom is 0.317 e. The van der Waals surface area contributed by atoms with Gasteiger partial charge in [0.05, 0.1) is 19.3 Å². The van der Waals surface area contributed by atoms with Crippen molar-refractivity contribution in [1.82, 2.24) is 20.0 Å². The van der Waals surface area contributed by atoms with E-state index in [1.807, 2.05) is 55.1 Å². The van der Waals surface area contributed by atoms with E-state index in [1.165, 1.54) is 0 Å². The van der Waals surface area contributed by atoms with E-state index >= 15 is 0 Å². The fourth-order valence-corrected chi connectivity index (χ4v) is 3.01. The summed E-state index contributed by atoms with van der Waals surface area (Å²) in [6.45, 7) is 9.32. The van der Waals surface area contributed by atoms with Crippen molar-refractivity contribution in [2.45, 2.75) is 13.0 Å². The number of urea groups is 1. The smallest absolute Gasteiger partial charge is 0.317 e. The number of likely N-dealkylation sites (N-methyl/N-ethyl adjacent to an activating group) is 1. The Kier molecular flexibility index (Phi) is 8.47. The minimum atomic E-state index is -0.209. The minimum Gasteiger partial charge on any atom is -0.373 e. The standard InChI is InChI=1S/C21H32N4O3/c1-5-10-22-21(27)25-13-14-28-19(16-25)15-24(12-11-23(3)4)20(26)18-8-6-17(2)7-9-18/h5-9,19H,1,10-16H2,2-4H3,(H,22,27)/t19-/m1/s1. The summed E-state index contributed by atoms with van der Waals surface area (Å²) in [6.07, 6.45) is 1.44. The number of amides is 3. The number of hydrogen-bond donors (Lipinski definition) is 1. The average molecular weight is 389 g/mol. The van der Waals surface area contributed by atoms with Crippen molar-refractivity contribution in [3.8, 4) is 0 Å². The second kappa shape index (κ2) is 10.8. The van der Waals surface area contributed by atoms with E-state index in [2.05, 4.69) is 11.9 Å². The summed E-state index contributed by atoms with van der Waals surface area (Å²) in [6, 6.07) is 7.48. The van der Waals surface area contributed by atoms with Gasteiger partial charge in [0.15, 0.2) is 0 Å². The zero-order chi connectivity index (χ0) is 20.5. The molecule has 7 nitrogen and oxygen atoms in total. The van der Waals surface area contributed by atoms with Crippen LogP contribution in [-0.4, -0.2) is 92.7 Å². The Balaban J connectivity index is 2.04. The van der Waals surface area contributed by atoms with Gasteiger partial charge in [-0.3, -0.25) is 4.79 Å². The molecule has 28 heavy (non-hydrogen) atoms. The molecule has 1 saturated heterocycles. The zero-order valence-electron chi connectivity index (χ0n) is 17.2. The molecule has 0 aromatic heterocycles. The summed E-state index contributed by atoms with van der Waals surface area (Å²) >= 11 is 0. The van der Waals surface area contributed by atoms with Gasteiger partial charge in [-0.2, -0.15) is 0 Å².